The smallest absolute Gasteiger partial charge is 0.0709 e. The molecule has 0 saturated heterocycles. The van der Waals surface area contributed by atoms with Gasteiger partial charge in [0.2, 0.25) is 0 Å². The van der Waals surface area contributed by atoms with E-state index in [0.717, 1.165) is 44.5 Å². The van der Waals surface area contributed by atoms with Crippen molar-refractivity contribution in [2.24, 2.45) is 0 Å². The minimum Gasteiger partial charge on any atom is -0.313 e. The van der Waals surface area contributed by atoms with Crippen LogP contribution >= 0.6 is 0 Å². The largest absolute Gasteiger partial charge is 0.313 e. The third-order valence-electron chi connectivity index (χ3n) is 4.65. The van der Waals surface area contributed by atoms with Crippen LogP contribution in [0.4, 0.5) is 0 Å². The molecule has 22 heavy (non-hydrogen) atoms. The molecule has 0 bridgehead atoms. The van der Waals surface area contributed by atoms with Gasteiger partial charge in [-0.05, 0) is 55.3 Å². The molecule has 1 aromatic heterocycles. The Morgan fingerprint density at radius 2 is 2.14 bits per heavy atom. The zero-order valence-corrected chi connectivity index (χ0v) is 14.1. The van der Waals surface area contributed by atoms with E-state index in [-0.39, 0.29) is 0 Å². The van der Waals surface area contributed by atoms with Crippen LogP contribution < -0.4 is 5.32 Å². The topological polar surface area (TPSA) is 28.2 Å². The summed E-state index contributed by atoms with van der Waals surface area (Å²) in [6, 6.07) is 6.77. The minimum atomic E-state index is 0.955. The van der Waals surface area contributed by atoms with Crippen molar-refractivity contribution < 1.29 is 0 Å². The van der Waals surface area contributed by atoms with Crippen LogP contribution in [0.5, 0.6) is 0 Å². The highest BCUT2D eigenvalue weighted by molar-refractivity contribution is 5.84. The molecule has 1 aliphatic rings. The Labute approximate surface area is 133 Å². The van der Waals surface area contributed by atoms with Crippen molar-refractivity contribution >= 4 is 10.9 Å². The number of hydrogen-bond acceptors (Lipinski definition) is 3. The number of likely N-dealkylation sites (N-methyl/N-ethyl adjacent to an activating group) is 1. The Hall–Kier alpha value is -1.45. The normalized spacial score (nSPS) is 15.2. The van der Waals surface area contributed by atoms with E-state index in [9.17, 15) is 0 Å². The maximum absolute atomic E-state index is 4.96. The minimum absolute atomic E-state index is 0.955. The van der Waals surface area contributed by atoms with Crippen LogP contribution in [0, 0.1) is 0 Å². The van der Waals surface area contributed by atoms with Gasteiger partial charge in [-0.25, -0.2) is 0 Å². The molecule has 0 spiro atoms. The van der Waals surface area contributed by atoms with Gasteiger partial charge in [-0.15, -0.1) is 0 Å². The van der Waals surface area contributed by atoms with E-state index in [1.54, 1.807) is 0 Å². The van der Waals surface area contributed by atoms with Crippen LogP contribution in [-0.4, -0.2) is 30.0 Å². The molecule has 118 valence electrons. The SMILES string of the molecule is CCCNCc1c2c(nc3ccc(CC)cc13)CCN(C)C2. The molecular formula is C19H27N3. The van der Waals surface area contributed by atoms with Crippen molar-refractivity contribution in [3.8, 4) is 0 Å². The van der Waals surface area contributed by atoms with Gasteiger partial charge in [-0.2, -0.15) is 0 Å². The number of nitrogens with zero attached hydrogens (tertiary/aromatic N) is 2. The zero-order valence-electron chi connectivity index (χ0n) is 14.1. The summed E-state index contributed by atoms with van der Waals surface area (Å²) >= 11 is 0. The number of benzene rings is 1. The molecule has 0 atom stereocenters. The Kier molecular flexibility index (Phi) is 4.74. The van der Waals surface area contributed by atoms with Crippen molar-refractivity contribution in [3.05, 3.63) is 40.6 Å². The summed E-state index contributed by atoms with van der Waals surface area (Å²) in [5, 5.41) is 4.94. The van der Waals surface area contributed by atoms with Crippen molar-refractivity contribution in [2.75, 3.05) is 20.1 Å². The molecule has 0 aliphatic carbocycles. The maximum atomic E-state index is 4.96. The summed E-state index contributed by atoms with van der Waals surface area (Å²) in [4.78, 5) is 7.37. The standard InChI is InChI=1S/C19H27N3/c1-4-9-20-12-16-15-11-14(5-2)6-7-18(15)21-19-8-10-22(3)13-17(16)19/h6-7,11,20H,4-5,8-10,12-13H2,1-3H3. The molecule has 1 aliphatic heterocycles. The maximum Gasteiger partial charge on any atom is 0.0709 e. The van der Waals surface area contributed by atoms with Crippen LogP contribution in [0.25, 0.3) is 10.9 Å². The second-order valence-electron chi connectivity index (χ2n) is 6.39. The molecule has 1 N–H and O–H groups in total. The molecule has 3 rings (SSSR count). The van der Waals surface area contributed by atoms with Gasteiger partial charge in [0, 0.05) is 37.1 Å². The number of pyridine rings is 1. The highest BCUT2D eigenvalue weighted by Gasteiger charge is 2.20. The Morgan fingerprint density at radius 3 is 2.91 bits per heavy atom. The average Bonchev–Trinajstić information content (AvgIpc) is 2.54. The molecule has 2 aromatic rings. The van der Waals surface area contributed by atoms with Gasteiger partial charge < -0.3 is 10.2 Å². The number of aryl methyl sites for hydroxylation is 1. The van der Waals surface area contributed by atoms with Crippen molar-refractivity contribution in [1.82, 2.24) is 15.2 Å². The quantitative estimate of drug-likeness (QED) is 0.858. The lowest BCUT2D eigenvalue weighted by Crippen LogP contribution is -2.29. The Bertz CT molecular complexity index is 663. The van der Waals surface area contributed by atoms with E-state index < -0.39 is 0 Å². The average molecular weight is 297 g/mol. The van der Waals surface area contributed by atoms with Crippen LogP contribution in [-0.2, 0) is 25.9 Å². The number of hydrogen-bond donors (Lipinski definition) is 1. The number of aromatic nitrogens is 1. The van der Waals surface area contributed by atoms with Crippen molar-refractivity contribution in [3.63, 3.8) is 0 Å². The van der Waals surface area contributed by atoms with Gasteiger partial charge in [0.1, 0.15) is 0 Å². The molecular weight excluding hydrogens is 270 g/mol. The zero-order chi connectivity index (χ0) is 15.5. The lowest BCUT2D eigenvalue weighted by atomic mass is 9.94. The summed E-state index contributed by atoms with van der Waals surface area (Å²) in [5.74, 6) is 0. The van der Waals surface area contributed by atoms with E-state index in [0.29, 0.717) is 0 Å². The van der Waals surface area contributed by atoms with Gasteiger partial charge in [-0.3, -0.25) is 4.98 Å². The molecule has 0 fully saturated rings. The molecule has 0 radical (unpaired) electrons. The first kappa shape index (κ1) is 15.4. The summed E-state index contributed by atoms with van der Waals surface area (Å²) in [6.07, 6.45) is 3.32. The Balaban J connectivity index is 2.12. The van der Waals surface area contributed by atoms with E-state index in [4.69, 9.17) is 4.98 Å². The first-order valence-corrected chi connectivity index (χ1v) is 8.55. The Morgan fingerprint density at radius 1 is 1.27 bits per heavy atom. The first-order valence-electron chi connectivity index (χ1n) is 8.55. The summed E-state index contributed by atoms with van der Waals surface area (Å²) < 4.78 is 0. The predicted octanol–water partition coefficient (Wildman–Crippen LogP) is 3.28. The predicted molar refractivity (Wildman–Crippen MR) is 93.2 cm³/mol. The lowest BCUT2D eigenvalue weighted by Gasteiger charge is -2.27. The monoisotopic (exact) mass is 297 g/mol. The fourth-order valence-electron chi connectivity index (χ4n) is 3.32. The second-order valence-corrected chi connectivity index (χ2v) is 6.39. The van der Waals surface area contributed by atoms with Crippen molar-refractivity contribution in [2.45, 2.75) is 46.2 Å². The summed E-state index contributed by atoms with van der Waals surface area (Å²) in [6.45, 7) is 8.60. The molecule has 0 amide bonds. The van der Waals surface area contributed by atoms with Gasteiger partial charge >= 0.3 is 0 Å². The van der Waals surface area contributed by atoms with Crippen LogP contribution in [0.3, 0.4) is 0 Å². The fraction of sp³-hybridized carbons (Fsp3) is 0.526. The molecule has 2 heterocycles. The van der Waals surface area contributed by atoms with Crippen molar-refractivity contribution in [1.29, 1.82) is 0 Å². The lowest BCUT2D eigenvalue weighted by molar-refractivity contribution is 0.308. The summed E-state index contributed by atoms with van der Waals surface area (Å²) in [5.41, 5.74) is 6.79. The molecule has 0 saturated carbocycles. The van der Waals surface area contributed by atoms with E-state index in [1.807, 2.05) is 0 Å². The third-order valence-corrected chi connectivity index (χ3v) is 4.65. The van der Waals surface area contributed by atoms with Gasteiger partial charge in [0.15, 0.2) is 0 Å². The molecule has 1 aromatic carbocycles. The second kappa shape index (κ2) is 6.76. The van der Waals surface area contributed by atoms with Crippen LogP contribution in [0.15, 0.2) is 18.2 Å². The van der Waals surface area contributed by atoms with E-state index >= 15 is 0 Å². The fourth-order valence-corrected chi connectivity index (χ4v) is 3.32. The molecule has 0 unspecified atom stereocenters. The molecule has 3 nitrogen and oxygen atoms in total. The number of fused-ring (bicyclic) bond motifs is 2. The summed E-state index contributed by atoms with van der Waals surface area (Å²) in [7, 11) is 2.21. The van der Waals surface area contributed by atoms with Gasteiger partial charge in [0.05, 0.1) is 5.52 Å². The first-order chi connectivity index (χ1) is 10.7. The highest BCUT2D eigenvalue weighted by Crippen LogP contribution is 2.28. The van der Waals surface area contributed by atoms with E-state index in [1.165, 1.54) is 34.2 Å². The number of nitrogens with one attached hydrogen (secondary N) is 1. The third kappa shape index (κ3) is 3.01. The highest BCUT2D eigenvalue weighted by atomic mass is 15.1. The molecule has 3 heteroatoms. The van der Waals surface area contributed by atoms with Gasteiger partial charge in [-0.1, -0.05) is 19.9 Å². The van der Waals surface area contributed by atoms with E-state index in [2.05, 4.69) is 49.3 Å². The number of rotatable bonds is 5. The van der Waals surface area contributed by atoms with Crippen LogP contribution in [0.1, 0.15) is 42.7 Å². The van der Waals surface area contributed by atoms with Crippen LogP contribution in [0.2, 0.25) is 0 Å². The van der Waals surface area contributed by atoms with Gasteiger partial charge in [0.25, 0.3) is 0 Å².